The lowest BCUT2D eigenvalue weighted by molar-refractivity contribution is 0.0998. The summed E-state index contributed by atoms with van der Waals surface area (Å²) in [5, 5.41) is 6.84. The maximum Gasteiger partial charge on any atom is 0.119 e. The number of nitrogens with one attached hydrogen (secondary N) is 2. The molecule has 0 heterocycles. The van der Waals surface area contributed by atoms with Gasteiger partial charge in [-0.2, -0.15) is 0 Å². The van der Waals surface area contributed by atoms with Crippen LogP contribution >= 0.6 is 40.7 Å². The molecule has 0 aromatic heterocycles. The van der Waals surface area contributed by atoms with Crippen LogP contribution in [0.15, 0.2) is 53.0 Å². The van der Waals surface area contributed by atoms with E-state index < -0.39 is 0 Å². The summed E-state index contributed by atoms with van der Waals surface area (Å²) in [4.78, 5) is 0. The summed E-state index contributed by atoms with van der Waals surface area (Å²) in [6, 6.07) is 17.0. The van der Waals surface area contributed by atoms with Crippen LogP contribution in [0.4, 0.5) is 0 Å². The number of halogens is 3. The standard InChI is InChI=1S/C22H31BrN2O2.2ClH/c1-4-24-12-13-27-21-10-8-18(9-11-21)14-17(2)25-16-22(26-3)19-6-5-7-20(23)15-19;;/h5-11,15,17,22,24-25H,4,12-14,16H2,1-3H3;2*1H. The van der Waals surface area contributed by atoms with Gasteiger partial charge in [0.1, 0.15) is 12.4 Å². The van der Waals surface area contributed by atoms with E-state index in [-0.39, 0.29) is 30.9 Å². The predicted molar refractivity (Wildman–Crippen MR) is 130 cm³/mol. The number of hydrogen-bond acceptors (Lipinski definition) is 4. The molecule has 7 heteroatoms. The molecule has 0 amide bonds. The van der Waals surface area contributed by atoms with Crippen molar-refractivity contribution in [3.63, 3.8) is 0 Å². The first-order chi connectivity index (χ1) is 13.1. The first-order valence-corrected chi connectivity index (χ1v) is 10.4. The van der Waals surface area contributed by atoms with Crippen molar-refractivity contribution in [2.45, 2.75) is 32.4 Å². The minimum absolute atomic E-state index is 0. The number of ether oxygens (including phenoxy) is 2. The molecular formula is C22H33BrCl2N2O2. The molecule has 0 aliphatic rings. The van der Waals surface area contributed by atoms with Crippen LogP contribution in [0.25, 0.3) is 0 Å². The van der Waals surface area contributed by atoms with Crippen molar-refractivity contribution in [3.05, 3.63) is 64.1 Å². The van der Waals surface area contributed by atoms with Crippen LogP contribution in [0, 0.1) is 0 Å². The molecule has 4 nitrogen and oxygen atoms in total. The highest BCUT2D eigenvalue weighted by Gasteiger charge is 2.12. The maximum absolute atomic E-state index is 5.72. The molecule has 0 saturated carbocycles. The van der Waals surface area contributed by atoms with E-state index in [1.165, 1.54) is 11.1 Å². The molecule has 0 aliphatic carbocycles. The molecule has 2 aromatic carbocycles. The molecule has 0 bridgehead atoms. The zero-order chi connectivity index (χ0) is 19.5. The quantitative estimate of drug-likeness (QED) is 0.388. The van der Waals surface area contributed by atoms with E-state index in [1.807, 2.05) is 24.3 Å². The molecule has 2 atom stereocenters. The van der Waals surface area contributed by atoms with Gasteiger partial charge in [-0.05, 0) is 55.3 Å². The topological polar surface area (TPSA) is 42.5 Å². The van der Waals surface area contributed by atoms with Gasteiger partial charge in [-0.1, -0.05) is 47.1 Å². The number of rotatable bonds is 12. The van der Waals surface area contributed by atoms with Crippen LogP contribution < -0.4 is 15.4 Å². The Labute approximate surface area is 196 Å². The van der Waals surface area contributed by atoms with E-state index in [2.05, 4.69) is 64.7 Å². The average molecular weight is 508 g/mol. The summed E-state index contributed by atoms with van der Waals surface area (Å²) in [6.07, 6.45) is 1.00. The van der Waals surface area contributed by atoms with E-state index in [0.717, 1.165) is 36.3 Å². The normalized spacial score (nSPS) is 12.4. The Morgan fingerprint density at radius 3 is 2.41 bits per heavy atom. The van der Waals surface area contributed by atoms with Crippen molar-refractivity contribution < 1.29 is 9.47 Å². The molecule has 2 unspecified atom stereocenters. The van der Waals surface area contributed by atoms with Crippen molar-refractivity contribution in [3.8, 4) is 5.75 Å². The lowest BCUT2D eigenvalue weighted by Crippen LogP contribution is -2.32. The average Bonchev–Trinajstić information content (AvgIpc) is 2.67. The van der Waals surface area contributed by atoms with Crippen molar-refractivity contribution >= 4 is 40.7 Å². The molecular weight excluding hydrogens is 475 g/mol. The van der Waals surface area contributed by atoms with Crippen LogP contribution in [0.3, 0.4) is 0 Å². The molecule has 29 heavy (non-hydrogen) atoms. The van der Waals surface area contributed by atoms with Gasteiger partial charge in [0.2, 0.25) is 0 Å². The molecule has 2 rings (SSSR count). The van der Waals surface area contributed by atoms with Crippen LogP contribution in [0.1, 0.15) is 31.1 Å². The zero-order valence-electron chi connectivity index (χ0n) is 17.3. The van der Waals surface area contributed by atoms with Crippen molar-refractivity contribution in [1.29, 1.82) is 0 Å². The molecule has 2 N–H and O–H groups in total. The Balaban J connectivity index is 0.00000392. The smallest absolute Gasteiger partial charge is 0.119 e. The second kappa shape index (κ2) is 15.9. The fourth-order valence-electron chi connectivity index (χ4n) is 2.92. The first-order valence-electron chi connectivity index (χ1n) is 9.56. The number of likely N-dealkylation sites (N-methyl/N-ethyl adjacent to an activating group) is 1. The molecule has 0 fully saturated rings. The Bertz CT molecular complexity index is 674. The third-order valence-corrected chi connectivity index (χ3v) is 4.91. The van der Waals surface area contributed by atoms with Gasteiger partial charge in [0.15, 0.2) is 0 Å². The third-order valence-electron chi connectivity index (χ3n) is 4.42. The van der Waals surface area contributed by atoms with Gasteiger partial charge in [-0.3, -0.25) is 0 Å². The second-order valence-corrected chi connectivity index (χ2v) is 7.55. The lowest BCUT2D eigenvalue weighted by atomic mass is 10.1. The molecule has 2 aromatic rings. The predicted octanol–water partition coefficient (Wildman–Crippen LogP) is 5.19. The largest absolute Gasteiger partial charge is 0.492 e. The monoisotopic (exact) mass is 506 g/mol. The van der Waals surface area contributed by atoms with Gasteiger partial charge in [0.25, 0.3) is 0 Å². The summed E-state index contributed by atoms with van der Waals surface area (Å²) in [6.45, 7) is 7.61. The second-order valence-electron chi connectivity index (χ2n) is 6.64. The van der Waals surface area contributed by atoms with Gasteiger partial charge < -0.3 is 20.1 Å². The van der Waals surface area contributed by atoms with Crippen LogP contribution in [-0.4, -0.2) is 39.4 Å². The Hall–Kier alpha value is -0.820. The van der Waals surface area contributed by atoms with E-state index in [0.29, 0.717) is 12.6 Å². The van der Waals surface area contributed by atoms with Gasteiger partial charge in [0, 0.05) is 30.7 Å². The van der Waals surface area contributed by atoms with Gasteiger partial charge >= 0.3 is 0 Å². The Morgan fingerprint density at radius 2 is 1.79 bits per heavy atom. The molecule has 0 radical (unpaired) electrons. The van der Waals surface area contributed by atoms with Crippen molar-refractivity contribution in [2.24, 2.45) is 0 Å². The van der Waals surface area contributed by atoms with Crippen LogP contribution in [0.2, 0.25) is 0 Å². The summed E-state index contributed by atoms with van der Waals surface area (Å²) >= 11 is 3.52. The van der Waals surface area contributed by atoms with E-state index >= 15 is 0 Å². The molecule has 0 aliphatic heterocycles. The van der Waals surface area contributed by atoms with Crippen molar-refractivity contribution in [2.75, 3.05) is 33.4 Å². The number of hydrogen-bond donors (Lipinski definition) is 2. The Kier molecular flexibility index (Phi) is 15.5. The van der Waals surface area contributed by atoms with Gasteiger partial charge in [0.05, 0.1) is 6.10 Å². The fraction of sp³-hybridized carbons (Fsp3) is 0.455. The van der Waals surface area contributed by atoms with E-state index in [4.69, 9.17) is 9.47 Å². The van der Waals surface area contributed by atoms with Crippen LogP contribution in [-0.2, 0) is 11.2 Å². The highest BCUT2D eigenvalue weighted by molar-refractivity contribution is 9.10. The van der Waals surface area contributed by atoms with E-state index in [9.17, 15) is 0 Å². The Morgan fingerprint density at radius 1 is 1.07 bits per heavy atom. The van der Waals surface area contributed by atoms with Gasteiger partial charge in [-0.25, -0.2) is 0 Å². The molecule has 0 spiro atoms. The molecule has 0 saturated heterocycles. The zero-order valence-corrected chi connectivity index (χ0v) is 20.5. The summed E-state index contributed by atoms with van der Waals surface area (Å²) in [7, 11) is 1.76. The van der Waals surface area contributed by atoms with Crippen LogP contribution in [0.5, 0.6) is 5.75 Å². The molecule has 164 valence electrons. The summed E-state index contributed by atoms with van der Waals surface area (Å²) in [5.41, 5.74) is 2.47. The van der Waals surface area contributed by atoms with Gasteiger partial charge in [-0.15, -0.1) is 24.8 Å². The minimum Gasteiger partial charge on any atom is -0.492 e. The highest BCUT2D eigenvalue weighted by Crippen LogP contribution is 2.20. The number of benzene rings is 2. The van der Waals surface area contributed by atoms with E-state index in [1.54, 1.807) is 7.11 Å². The summed E-state index contributed by atoms with van der Waals surface area (Å²) < 4.78 is 12.5. The maximum atomic E-state index is 5.72. The highest BCUT2D eigenvalue weighted by atomic mass is 79.9. The SMILES string of the molecule is CCNCCOc1ccc(CC(C)NCC(OC)c2cccc(Br)c2)cc1.Cl.Cl. The number of methoxy groups -OCH3 is 1. The fourth-order valence-corrected chi connectivity index (χ4v) is 3.33. The minimum atomic E-state index is 0. The lowest BCUT2D eigenvalue weighted by Gasteiger charge is -2.20. The summed E-state index contributed by atoms with van der Waals surface area (Å²) in [5.74, 6) is 0.923. The van der Waals surface area contributed by atoms with Crippen molar-refractivity contribution in [1.82, 2.24) is 10.6 Å². The first kappa shape index (κ1) is 28.2. The third kappa shape index (κ3) is 10.7.